The van der Waals surface area contributed by atoms with Crippen LogP contribution in [0.2, 0.25) is 0 Å². The van der Waals surface area contributed by atoms with Gasteiger partial charge in [0.25, 0.3) is 0 Å². The van der Waals surface area contributed by atoms with Crippen molar-refractivity contribution in [1.29, 1.82) is 0 Å². The summed E-state index contributed by atoms with van der Waals surface area (Å²) in [6, 6.07) is 10.0. The van der Waals surface area contributed by atoms with Gasteiger partial charge in [0.1, 0.15) is 0 Å². The Balaban J connectivity index is -0.0000000833. The molecular weight excluding hydrogens is 268 g/mol. The minimum atomic E-state index is 0. The standard InChI is InChI=1S/C5H5.2BrH.Ti/c1-2-4-5-3-1;;;/h1-5H;2*1H;/q-1;;;+3/p-2. The van der Waals surface area contributed by atoms with Gasteiger partial charge in [0, 0.05) is 0 Å². The van der Waals surface area contributed by atoms with E-state index >= 15 is 0 Å². The molecule has 0 saturated heterocycles. The van der Waals surface area contributed by atoms with Gasteiger partial charge in [0.05, 0.1) is 0 Å². The maximum atomic E-state index is 2.00. The van der Waals surface area contributed by atoms with Gasteiger partial charge in [0.2, 0.25) is 0 Å². The normalized spacial score (nSPS) is 5.00. The molecule has 0 aromatic heterocycles. The van der Waals surface area contributed by atoms with E-state index < -0.39 is 0 Å². The molecular formula is C5H5Br2Ti. The Labute approximate surface area is 85.5 Å². The van der Waals surface area contributed by atoms with Gasteiger partial charge >= 0.3 is 21.7 Å². The molecule has 3 heteroatoms. The molecule has 0 unspecified atom stereocenters. The van der Waals surface area contributed by atoms with Crippen molar-refractivity contribution in [1.82, 2.24) is 0 Å². The van der Waals surface area contributed by atoms with Crippen molar-refractivity contribution in [2.45, 2.75) is 0 Å². The number of hydrogen-bond donors (Lipinski definition) is 0. The second kappa shape index (κ2) is 10.9. The molecule has 1 aromatic rings. The van der Waals surface area contributed by atoms with Gasteiger partial charge in [-0.2, -0.15) is 18.2 Å². The summed E-state index contributed by atoms with van der Waals surface area (Å²) >= 11 is 0. The Morgan fingerprint density at radius 3 is 1.38 bits per heavy atom. The van der Waals surface area contributed by atoms with Gasteiger partial charge in [-0.3, -0.25) is 0 Å². The van der Waals surface area contributed by atoms with Crippen LogP contribution in [0.5, 0.6) is 0 Å². The molecule has 0 N–H and O–H groups in total. The van der Waals surface area contributed by atoms with E-state index in [1.165, 1.54) is 0 Å². The van der Waals surface area contributed by atoms with Crippen LogP contribution in [-0.2, 0) is 21.7 Å². The average Bonchev–Trinajstić information content (AvgIpc) is 1.76. The second-order valence-corrected chi connectivity index (χ2v) is 0.962. The molecule has 0 aliphatic rings. The minimum Gasteiger partial charge on any atom is -1.00 e. The SMILES string of the molecule is [Br-].[Br-].[Ti+3].c1cc[cH-]c1. The summed E-state index contributed by atoms with van der Waals surface area (Å²) in [7, 11) is 0. The predicted molar refractivity (Wildman–Crippen MR) is 22.0 cm³/mol. The molecule has 8 heavy (non-hydrogen) atoms. The fraction of sp³-hybridized carbons (Fsp3) is 0. The minimum absolute atomic E-state index is 0. The average molecular weight is 273 g/mol. The van der Waals surface area contributed by atoms with Gasteiger partial charge < -0.3 is 34.0 Å². The molecule has 0 amide bonds. The van der Waals surface area contributed by atoms with E-state index in [0.717, 1.165) is 0 Å². The van der Waals surface area contributed by atoms with Crippen LogP contribution in [0.15, 0.2) is 30.3 Å². The molecule has 1 rings (SSSR count). The van der Waals surface area contributed by atoms with Crippen molar-refractivity contribution >= 4 is 0 Å². The van der Waals surface area contributed by atoms with Gasteiger partial charge in [-0.1, -0.05) is 0 Å². The molecule has 1 radical (unpaired) electrons. The Bertz CT molecular complexity index is 66.9. The first-order valence-corrected chi connectivity index (χ1v) is 1.67. The molecule has 0 aliphatic heterocycles. The fourth-order valence-corrected chi connectivity index (χ4v) is 0.321. The summed E-state index contributed by atoms with van der Waals surface area (Å²) in [6.45, 7) is 0. The van der Waals surface area contributed by atoms with Gasteiger partial charge in [0.15, 0.2) is 0 Å². The summed E-state index contributed by atoms with van der Waals surface area (Å²) in [6.07, 6.45) is 0. The monoisotopic (exact) mass is 271 g/mol. The van der Waals surface area contributed by atoms with Crippen molar-refractivity contribution in [3.8, 4) is 0 Å². The maximum Gasteiger partial charge on any atom is 3.00 e. The number of hydrogen-bond acceptors (Lipinski definition) is 0. The summed E-state index contributed by atoms with van der Waals surface area (Å²) < 4.78 is 0. The van der Waals surface area contributed by atoms with Crippen LogP contribution in [0.4, 0.5) is 0 Å². The largest absolute Gasteiger partial charge is 3.00 e. The van der Waals surface area contributed by atoms with E-state index in [-0.39, 0.29) is 55.7 Å². The van der Waals surface area contributed by atoms with Crippen molar-refractivity contribution in [2.24, 2.45) is 0 Å². The molecule has 0 bridgehead atoms. The van der Waals surface area contributed by atoms with Crippen LogP contribution < -0.4 is 34.0 Å². The predicted octanol–water partition coefficient (Wildman–Crippen LogP) is -4.59. The third-order valence-corrected chi connectivity index (χ3v) is 0.556. The van der Waals surface area contributed by atoms with Crippen LogP contribution in [0, 0.1) is 0 Å². The zero-order valence-electron chi connectivity index (χ0n) is 4.14. The molecule has 0 heterocycles. The molecule has 0 nitrogen and oxygen atoms in total. The Hall–Kier alpha value is 1.02. The van der Waals surface area contributed by atoms with Crippen LogP contribution >= 0.6 is 0 Å². The smallest absolute Gasteiger partial charge is 1.00 e. The molecule has 1 aromatic carbocycles. The number of rotatable bonds is 0. The van der Waals surface area contributed by atoms with Crippen LogP contribution in [0.3, 0.4) is 0 Å². The van der Waals surface area contributed by atoms with E-state index in [2.05, 4.69) is 0 Å². The third kappa shape index (κ3) is 7.02. The Morgan fingerprint density at radius 2 is 1.25 bits per heavy atom. The van der Waals surface area contributed by atoms with Crippen molar-refractivity contribution in [3.63, 3.8) is 0 Å². The fourth-order valence-electron chi connectivity index (χ4n) is 0.321. The van der Waals surface area contributed by atoms with Crippen LogP contribution in [0.1, 0.15) is 0 Å². The van der Waals surface area contributed by atoms with E-state index in [9.17, 15) is 0 Å². The topological polar surface area (TPSA) is 0 Å². The Kier molecular flexibility index (Phi) is 21.8. The van der Waals surface area contributed by atoms with Gasteiger partial charge in [-0.05, 0) is 0 Å². The van der Waals surface area contributed by atoms with E-state index in [1.807, 2.05) is 30.3 Å². The van der Waals surface area contributed by atoms with Gasteiger partial charge in [-0.25, -0.2) is 12.1 Å². The third-order valence-electron chi connectivity index (χ3n) is 0.556. The maximum absolute atomic E-state index is 2.00. The first-order valence-electron chi connectivity index (χ1n) is 1.67. The zero-order chi connectivity index (χ0) is 3.54. The molecule has 0 atom stereocenters. The summed E-state index contributed by atoms with van der Waals surface area (Å²) in [4.78, 5) is 0. The quantitative estimate of drug-likeness (QED) is 0.330. The molecule has 0 saturated carbocycles. The second-order valence-electron chi connectivity index (χ2n) is 0.962. The van der Waals surface area contributed by atoms with Crippen LogP contribution in [-0.4, -0.2) is 0 Å². The zero-order valence-corrected chi connectivity index (χ0v) is 8.88. The molecule has 0 aliphatic carbocycles. The summed E-state index contributed by atoms with van der Waals surface area (Å²) in [5.41, 5.74) is 0. The van der Waals surface area contributed by atoms with E-state index in [4.69, 9.17) is 0 Å². The van der Waals surface area contributed by atoms with Crippen molar-refractivity contribution in [3.05, 3.63) is 30.3 Å². The van der Waals surface area contributed by atoms with Crippen molar-refractivity contribution < 1.29 is 55.7 Å². The molecule has 0 fully saturated rings. The number of halogens is 2. The van der Waals surface area contributed by atoms with E-state index in [1.54, 1.807) is 0 Å². The first-order chi connectivity index (χ1) is 2.50. The summed E-state index contributed by atoms with van der Waals surface area (Å²) in [5.74, 6) is 0. The van der Waals surface area contributed by atoms with E-state index in [0.29, 0.717) is 0 Å². The summed E-state index contributed by atoms with van der Waals surface area (Å²) in [5, 5.41) is 0. The Morgan fingerprint density at radius 1 is 0.875 bits per heavy atom. The van der Waals surface area contributed by atoms with Crippen LogP contribution in [0.25, 0.3) is 0 Å². The van der Waals surface area contributed by atoms with Crippen molar-refractivity contribution in [2.75, 3.05) is 0 Å². The first kappa shape index (κ1) is 16.0. The van der Waals surface area contributed by atoms with Gasteiger partial charge in [-0.15, -0.1) is 0 Å². The molecule has 0 spiro atoms. The molecule has 43 valence electrons.